The van der Waals surface area contributed by atoms with Crippen LogP contribution in [0.3, 0.4) is 0 Å². The fraction of sp³-hybridized carbons (Fsp3) is 0.308. The molecule has 1 aromatic heterocycles. The second-order valence-corrected chi connectivity index (χ2v) is 4.27. The smallest absolute Gasteiger partial charge is 0.320 e. The first kappa shape index (κ1) is 12.4. The number of carboxylic acids is 1. The SMILES string of the molecule is COc1cccc2c1c(C[C@H](N)C(=O)O)cn2C. The van der Waals surface area contributed by atoms with Gasteiger partial charge in [0, 0.05) is 25.1 Å². The normalized spacial score (nSPS) is 12.6. The number of aryl methyl sites for hydroxylation is 1. The average Bonchev–Trinajstić information content (AvgIpc) is 2.66. The molecule has 0 unspecified atom stereocenters. The largest absolute Gasteiger partial charge is 0.496 e. The fourth-order valence-electron chi connectivity index (χ4n) is 2.15. The lowest BCUT2D eigenvalue weighted by Crippen LogP contribution is -2.32. The van der Waals surface area contributed by atoms with Crippen LogP contribution in [0.15, 0.2) is 24.4 Å². The van der Waals surface area contributed by atoms with Crippen molar-refractivity contribution in [3.05, 3.63) is 30.0 Å². The average molecular weight is 248 g/mol. The Kier molecular flexibility index (Phi) is 3.25. The van der Waals surface area contributed by atoms with Gasteiger partial charge in [0.1, 0.15) is 11.8 Å². The lowest BCUT2D eigenvalue weighted by Gasteiger charge is -2.07. The highest BCUT2D eigenvalue weighted by Crippen LogP contribution is 2.30. The van der Waals surface area contributed by atoms with Crippen molar-refractivity contribution < 1.29 is 14.6 Å². The van der Waals surface area contributed by atoms with Crippen molar-refractivity contribution >= 4 is 16.9 Å². The number of hydrogen-bond donors (Lipinski definition) is 2. The van der Waals surface area contributed by atoms with Crippen molar-refractivity contribution in [2.75, 3.05) is 7.11 Å². The number of aromatic nitrogens is 1. The van der Waals surface area contributed by atoms with E-state index in [1.54, 1.807) is 7.11 Å². The summed E-state index contributed by atoms with van der Waals surface area (Å²) in [7, 11) is 3.51. The van der Waals surface area contributed by atoms with Crippen molar-refractivity contribution in [2.24, 2.45) is 12.8 Å². The number of carboxylic acid groups (broad SMARTS) is 1. The first-order valence-electron chi connectivity index (χ1n) is 5.64. The molecule has 0 aliphatic heterocycles. The van der Waals surface area contributed by atoms with Crippen LogP contribution < -0.4 is 10.5 Å². The molecule has 5 heteroatoms. The zero-order valence-electron chi connectivity index (χ0n) is 10.4. The Morgan fingerprint density at radius 1 is 1.56 bits per heavy atom. The number of fused-ring (bicyclic) bond motifs is 1. The van der Waals surface area contributed by atoms with Crippen LogP contribution in [-0.4, -0.2) is 28.8 Å². The van der Waals surface area contributed by atoms with Gasteiger partial charge in [-0.05, 0) is 17.7 Å². The zero-order valence-corrected chi connectivity index (χ0v) is 10.4. The molecular weight excluding hydrogens is 232 g/mol. The molecule has 1 heterocycles. The Bertz CT molecular complexity index is 589. The fourth-order valence-corrected chi connectivity index (χ4v) is 2.15. The number of carbonyl (C=O) groups is 1. The number of nitrogens with two attached hydrogens (primary N) is 1. The van der Waals surface area contributed by atoms with E-state index in [2.05, 4.69) is 0 Å². The first-order valence-corrected chi connectivity index (χ1v) is 5.64. The first-order chi connectivity index (χ1) is 8.54. The van der Waals surface area contributed by atoms with Crippen molar-refractivity contribution in [2.45, 2.75) is 12.5 Å². The van der Waals surface area contributed by atoms with Crippen molar-refractivity contribution in [3.63, 3.8) is 0 Å². The Morgan fingerprint density at radius 3 is 2.89 bits per heavy atom. The van der Waals surface area contributed by atoms with Gasteiger partial charge in [-0.2, -0.15) is 0 Å². The minimum atomic E-state index is -0.998. The van der Waals surface area contributed by atoms with E-state index in [1.165, 1.54) is 0 Å². The molecule has 0 saturated carbocycles. The van der Waals surface area contributed by atoms with E-state index in [0.29, 0.717) is 0 Å². The van der Waals surface area contributed by atoms with E-state index in [-0.39, 0.29) is 6.42 Å². The Balaban J connectivity index is 2.54. The highest BCUT2D eigenvalue weighted by Gasteiger charge is 2.17. The van der Waals surface area contributed by atoms with Crippen LogP contribution >= 0.6 is 0 Å². The number of rotatable bonds is 4. The molecule has 96 valence electrons. The molecule has 0 radical (unpaired) electrons. The lowest BCUT2D eigenvalue weighted by molar-refractivity contribution is -0.138. The van der Waals surface area contributed by atoms with Crippen molar-refractivity contribution in [1.82, 2.24) is 4.57 Å². The van der Waals surface area contributed by atoms with E-state index in [1.807, 2.05) is 36.0 Å². The molecule has 18 heavy (non-hydrogen) atoms. The second kappa shape index (κ2) is 4.70. The third kappa shape index (κ3) is 2.04. The molecule has 1 aromatic carbocycles. The number of methoxy groups -OCH3 is 1. The van der Waals surface area contributed by atoms with Gasteiger partial charge in [0.05, 0.1) is 12.6 Å². The number of ether oxygens (including phenoxy) is 1. The molecular formula is C13H16N2O3. The van der Waals surface area contributed by atoms with E-state index >= 15 is 0 Å². The maximum Gasteiger partial charge on any atom is 0.320 e. The summed E-state index contributed by atoms with van der Waals surface area (Å²) < 4.78 is 7.27. The monoisotopic (exact) mass is 248 g/mol. The topological polar surface area (TPSA) is 77.5 Å². The summed E-state index contributed by atoms with van der Waals surface area (Å²) in [4.78, 5) is 10.8. The van der Waals surface area contributed by atoms with Crippen LogP contribution in [0.2, 0.25) is 0 Å². The molecule has 0 spiro atoms. The van der Waals surface area contributed by atoms with Crippen LogP contribution in [-0.2, 0) is 18.3 Å². The summed E-state index contributed by atoms with van der Waals surface area (Å²) in [6, 6.07) is 4.83. The van der Waals surface area contributed by atoms with Gasteiger partial charge in [-0.1, -0.05) is 6.07 Å². The molecule has 0 amide bonds. The van der Waals surface area contributed by atoms with E-state index in [4.69, 9.17) is 15.6 Å². The number of hydrogen-bond acceptors (Lipinski definition) is 3. The summed E-state index contributed by atoms with van der Waals surface area (Å²) in [6.07, 6.45) is 2.18. The van der Waals surface area contributed by atoms with Crippen LogP contribution in [0.25, 0.3) is 10.9 Å². The molecule has 2 rings (SSSR count). The Hall–Kier alpha value is -2.01. The minimum Gasteiger partial charge on any atom is -0.496 e. The highest BCUT2D eigenvalue weighted by molar-refractivity contribution is 5.90. The molecule has 2 aromatic rings. The number of nitrogens with zero attached hydrogens (tertiary/aromatic N) is 1. The predicted octanol–water partition coefficient (Wildman–Crippen LogP) is 1.14. The predicted molar refractivity (Wildman–Crippen MR) is 68.8 cm³/mol. The molecule has 3 N–H and O–H groups in total. The molecule has 5 nitrogen and oxygen atoms in total. The Morgan fingerprint density at radius 2 is 2.28 bits per heavy atom. The van der Waals surface area contributed by atoms with Gasteiger partial charge < -0.3 is 20.1 Å². The Labute approximate surface area is 105 Å². The standard InChI is InChI=1S/C13H16N2O3/c1-15-7-8(6-9(14)13(16)17)12-10(15)4-3-5-11(12)18-2/h3-5,7,9H,6,14H2,1-2H3,(H,16,17)/t9-/m0/s1. The maximum absolute atomic E-state index is 10.8. The van der Waals surface area contributed by atoms with Crippen molar-refractivity contribution in [3.8, 4) is 5.75 Å². The van der Waals surface area contributed by atoms with Gasteiger partial charge in [-0.25, -0.2) is 0 Å². The molecule has 0 saturated heterocycles. The van der Waals surface area contributed by atoms with Gasteiger partial charge in [0.2, 0.25) is 0 Å². The van der Waals surface area contributed by atoms with Crippen LogP contribution in [0.5, 0.6) is 5.75 Å². The van der Waals surface area contributed by atoms with Crippen molar-refractivity contribution in [1.29, 1.82) is 0 Å². The second-order valence-electron chi connectivity index (χ2n) is 4.27. The quantitative estimate of drug-likeness (QED) is 0.850. The van der Waals surface area contributed by atoms with Gasteiger partial charge in [-0.3, -0.25) is 4.79 Å². The molecule has 0 aliphatic carbocycles. The van der Waals surface area contributed by atoms with Gasteiger partial charge in [0.15, 0.2) is 0 Å². The van der Waals surface area contributed by atoms with Gasteiger partial charge in [-0.15, -0.1) is 0 Å². The van der Waals surface area contributed by atoms with E-state index in [0.717, 1.165) is 22.2 Å². The number of benzene rings is 1. The lowest BCUT2D eigenvalue weighted by atomic mass is 10.1. The van der Waals surface area contributed by atoms with Gasteiger partial charge in [0.25, 0.3) is 0 Å². The van der Waals surface area contributed by atoms with Crippen LogP contribution in [0.4, 0.5) is 0 Å². The number of aliphatic carboxylic acids is 1. The van der Waals surface area contributed by atoms with Gasteiger partial charge >= 0.3 is 5.97 Å². The summed E-state index contributed by atoms with van der Waals surface area (Å²) >= 11 is 0. The highest BCUT2D eigenvalue weighted by atomic mass is 16.5. The summed E-state index contributed by atoms with van der Waals surface area (Å²) in [5.41, 5.74) is 7.48. The van der Waals surface area contributed by atoms with E-state index < -0.39 is 12.0 Å². The third-order valence-electron chi connectivity index (χ3n) is 3.03. The van der Waals surface area contributed by atoms with Crippen LogP contribution in [0.1, 0.15) is 5.56 Å². The molecule has 1 atom stereocenters. The third-order valence-corrected chi connectivity index (χ3v) is 3.03. The van der Waals surface area contributed by atoms with E-state index in [9.17, 15) is 4.79 Å². The zero-order chi connectivity index (χ0) is 13.3. The van der Waals surface area contributed by atoms with Crippen LogP contribution in [0, 0.1) is 0 Å². The molecule has 0 fully saturated rings. The summed E-state index contributed by atoms with van der Waals surface area (Å²) in [5.74, 6) is -0.261. The summed E-state index contributed by atoms with van der Waals surface area (Å²) in [6.45, 7) is 0. The summed E-state index contributed by atoms with van der Waals surface area (Å²) in [5, 5.41) is 9.82. The molecule has 0 bridgehead atoms. The molecule has 0 aliphatic rings. The minimum absolute atomic E-state index is 0.285. The maximum atomic E-state index is 10.8.